The minimum absolute atomic E-state index is 0.209. The predicted molar refractivity (Wildman–Crippen MR) is 107 cm³/mol. The van der Waals surface area contributed by atoms with Gasteiger partial charge in [0.1, 0.15) is 5.54 Å². The zero-order valence-electron chi connectivity index (χ0n) is 16.9. The summed E-state index contributed by atoms with van der Waals surface area (Å²) in [5.74, 6) is 2.35. The van der Waals surface area contributed by atoms with Gasteiger partial charge in [-0.25, -0.2) is 0 Å². The van der Waals surface area contributed by atoms with E-state index < -0.39 is 0 Å². The molecule has 1 saturated heterocycles. The number of benzene rings is 1. The van der Waals surface area contributed by atoms with Gasteiger partial charge < -0.3 is 9.42 Å². The first kappa shape index (κ1) is 18.6. The van der Waals surface area contributed by atoms with Crippen LogP contribution >= 0.6 is 0 Å². The molecule has 0 bridgehead atoms. The van der Waals surface area contributed by atoms with Gasteiger partial charge in [0.2, 0.25) is 5.89 Å². The van der Waals surface area contributed by atoms with Crippen molar-refractivity contribution in [1.29, 1.82) is 0 Å². The zero-order valence-corrected chi connectivity index (χ0v) is 16.9. The first-order chi connectivity index (χ1) is 13.1. The Morgan fingerprint density at radius 1 is 1.15 bits per heavy atom. The molecule has 5 nitrogen and oxygen atoms in total. The maximum atomic E-state index is 5.83. The van der Waals surface area contributed by atoms with E-state index in [9.17, 15) is 0 Å². The molecule has 2 heterocycles. The molecule has 2 aromatic rings. The van der Waals surface area contributed by atoms with E-state index in [4.69, 9.17) is 9.51 Å². The Hall–Kier alpha value is -1.72. The molecule has 0 amide bonds. The molecule has 5 heteroatoms. The molecule has 4 rings (SSSR count). The van der Waals surface area contributed by atoms with Gasteiger partial charge in [-0.3, -0.25) is 4.90 Å². The molecule has 27 heavy (non-hydrogen) atoms. The van der Waals surface area contributed by atoms with Gasteiger partial charge in [0, 0.05) is 19.3 Å². The molecule has 1 aromatic heterocycles. The second kappa shape index (κ2) is 7.72. The Balaban J connectivity index is 1.46. The third kappa shape index (κ3) is 3.67. The Morgan fingerprint density at radius 3 is 2.41 bits per heavy atom. The lowest BCUT2D eigenvalue weighted by molar-refractivity contribution is 0.114. The van der Waals surface area contributed by atoms with E-state index in [2.05, 4.69) is 60.2 Å². The van der Waals surface area contributed by atoms with Gasteiger partial charge in [0.15, 0.2) is 5.82 Å². The monoisotopic (exact) mass is 368 g/mol. The molecule has 1 aliphatic heterocycles. The fourth-order valence-electron chi connectivity index (χ4n) is 4.77. The molecule has 0 saturated carbocycles. The van der Waals surface area contributed by atoms with Crippen molar-refractivity contribution in [2.24, 2.45) is 5.92 Å². The molecule has 0 spiro atoms. The molecule has 0 radical (unpaired) electrons. The lowest BCUT2D eigenvalue weighted by atomic mass is 9.92. The summed E-state index contributed by atoms with van der Waals surface area (Å²) < 4.78 is 5.83. The first-order valence-corrected chi connectivity index (χ1v) is 10.4. The van der Waals surface area contributed by atoms with Crippen LogP contribution in [0.5, 0.6) is 0 Å². The molecule has 2 aliphatic rings. The summed E-state index contributed by atoms with van der Waals surface area (Å²) in [4.78, 5) is 9.72. The molecule has 1 aromatic carbocycles. The van der Waals surface area contributed by atoms with Crippen LogP contribution < -0.4 is 0 Å². The van der Waals surface area contributed by atoms with Gasteiger partial charge in [-0.1, -0.05) is 36.3 Å². The number of piperidine rings is 1. The normalized spacial score (nSPS) is 20.3. The van der Waals surface area contributed by atoms with Crippen LogP contribution in [0.2, 0.25) is 0 Å². The van der Waals surface area contributed by atoms with Crippen LogP contribution in [0.15, 0.2) is 28.8 Å². The summed E-state index contributed by atoms with van der Waals surface area (Å²) >= 11 is 0. The Bertz CT molecular complexity index is 736. The van der Waals surface area contributed by atoms with Crippen LogP contribution in [0.3, 0.4) is 0 Å². The fraction of sp³-hybridized carbons (Fsp3) is 0.636. The fourth-order valence-corrected chi connectivity index (χ4v) is 4.77. The highest BCUT2D eigenvalue weighted by Crippen LogP contribution is 2.40. The summed E-state index contributed by atoms with van der Waals surface area (Å²) in [6.07, 6.45) is 6.55. The lowest BCUT2D eigenvalue weighted by Crippen LogP contribution is -2.42. The summed E-state index contributed by atoms with van der Waals surface area (Å²) in [5.41, 5.74) is 2.59. The van der Waals surface area contributed by atoms with Gasteiger partial charge in [-0.05, 0) is 70.0 Å². The highest BCUT2D eigenvalue weighted by Gasteiger charge is 2.45. The summed E-state index contributed by atoms with van der Waals surface area (Å²) in [6.45, 7) is 5.90. The smallest absolute Gasteiger partial charge is 0.247 e. The van der Waals surface area contributed by atoms with Crippen LogP contribution in [0, 0.1) is 5.92 Å². The third-order valence-electron chi connectivity index (χ3n) is 6.52. The number of rotatable bonds is 6. The second-order valence-corrected chi connectivity index (χ2v) is 8.55. The Kier molecular flexibility index (Phi) is 5.33. The molecule has 0 N–H and O–H groups in total. The van der Waals surface area contributed by atoms with E-state index in [-0.39, 0.29) is 5.54 Å². The van der Waals surface area contributed by atoms with Crippen molar-refractivity contribution in [3.05, 3.63) is 47.1 Å². The molecule has 1 fully saturated rings. The number of likely N-dealkylation sites (tertiary alicyclic amines) is 1. The van der Waals surface area contributed by atoms with Gasteiger partial charge in [0.05, 0.1) is 0 Å². The predicted octanol–water partition coefficient (Wildman–Crippen LogP) is 3.29. The van der Waals surface area contributed by atoms with Gasteiger partial charge >= 0.3 is 0 Å². The zero-order chi connectivity index (χ0) is 18.9. The molecule has 0 unspecified atom stereocenters. The highest BCUT2D eigenvalue weighted by molar-refractivity contribution is 5.37. The molecule has 0 atom stereocenters. The van der Waals surface area contributed by atoms with Crippen molar-refractivity contribution >= 4 is 0 Å². The average Bonchev–Trinajstić information content (AvgIpc) is 3.28. The quantitative estimate of drug-likeness (QED) is 0.783. The number of likely N-dealkylation sites (N-methyl/N-ethyl adjacent to an activating group) is 1. The van der Waals surface area contributed by atoms with Crippen LogP contribution in [0.1, 0.15) is 49.0 Å². The number of nitrogens with zero attached hydrogens (tertiary/aromatic N) is 4. The number of aromatic nitrogens is 2. The summed E-state index contributed by atoms with van der Waals surface area (Å²) in [5, 5.41) is 4.37. The van der Waals surface area contributed by atoms with Crippen LogP contribution in [0.4, 0.5) is 0 Å². The van der Waals surface area contributed by atoms with Gasteiger partial charge in [-0.2, -0.15) is 4.98 Å². The van der Waals surface area contributed by atoms with E-state index in [1.807, 2.05) is 0 Å². The van der Waals surface area contributed by atoms with E-state index in [1.54, 1.807) is 0 Å². The van der Waals surface area contributed by atoms with Crippen LogP contribution in [-0.2, 0) is 24.8 Å². The summed E-state index contributed by atoms with van der Waals surface area (Å²) in [6, 6.07) is 8.69. The lowest BCUT2D eigenvalue weighted by Gasteiger charge is -2.32. The van der Waals surface area contributed by atoms with Crippen molar-refractivity contribution < 1.29 is 4.52 Å². The molecule has 146 valence electrons. The average molecular weight is 369 g/mol. The maximum absolute atomic E-state index is 5.83. The summed E-state index contributed by atoms with van der Waals surface area (Å²) in [7, 11) is 4.25. The van der Waals surface area contributed by atoms with Crippen molar-refractivity contribution in [2.75, 3.05) is 33.7 Å². The molecular formula is C22H32N4O. The largest absolute Gasteiger partial charge is 0.337 e. The van der Waals surface area contributed by atoms with Crippen LogP contribution in [-0.4, -0.2) is 53.7 Å². The highest BCUT2D eigenvalue weighted by atomic mass is 16.5. The van der Waals surface area contributed by atoms with Gasteiger partial charge in [0.25, 0.3) is 0 Å². The minimum atomic E-state index is -0.209. The number of fused-ring (bicyclic) bond motifs is 1. The second-order valence-electron chi connectivity index (χ2n) is 8.55. The van der Waals surface area contributed by atoms with E-state index in [1.165, 1.54) is 50.0 Å². The van der Waals surface area contributed by atoms with Crippen molar-refractivity contribution in [3.63, 3.8) is 0 Å². The molecule has 1 aliphatic carbocycles. The van der Waals surface area contributed by atoms with Crippen molar-refractivity contribution in [1.82, 2.24) is 19.9 Å². The Morgan fingerprint density at radius 2 is 1.81 bits per heavy atom. The topological polar surface area (TPSA) is 45.4 Å². The molecular weight excluding hydrogens is 336 g/mol. The van der Waals surface area contributed by atoms with E-state index in [0.717, 1.165) is 31.0 Å². The standard InChI is InChI=1S/C22H32N4O/c1-4-11-26-12-9-17(10-13-26)14-20-23-21(27-24-20)22(25(2)3)15-18-7-5-6-8-19(18)16-22/h5-8,17H,4,9-16H2,1-3H3. The van der Waals surface area contributed by atoms with Gasteiger partial charge in [-0.15, -0.1) is 0 Å². The van der Waals surface area contributed by atoms with Crippen molar-refractivity contribution in [2.45, 2.75) is 51.0 Å². The first-order valence-electron chi connectivity index (χ1n) is 10.4. The van der Waals surface area contributed by atoms with Crippen molar-refractivity contribution in [3.8, 4) is 0 Å². The number of hydrogen-bond donors (Lipinski definition) is 0. The van der Waals surface area contributed by atoms with E-state index in [0.29, 0.717) is 5.92 Å². The minimum Gasteiger partial charge on any atom is -0.337 e. The van der Waals surface area contributed by atoms with Crippen LogP contribution in [0.25, 0.3) is 0 Å². The maximum Gasteiger partial charge on any atom is 0.247 e. The SMILES string of the molecule is CCCN1CCC(Cc2noc(C3(N(C)C)Cc4ccccc4C3)n2)CC1. The van der Waals surface area contributed by atoms with E-state index >= 15 is 0 Å². The number of hydrogen-bond acceptors (Lipinski definition) is 5. The third-order valence-corrected chi connectivity index (χ3v) is 6.52. The Labute approximate surface area is 162 Å².